The van der Waals surface area contributed by atoms with E-state index in [1.807, 2.05) is 0 Å². The highest BCUT2D eigenvalue weighted by Gasteiger charge is 2.16. The third-order valence-electron chi connectivity index (χ3n) is 4.03. The van der Waals surface area contributed by atoms with Crippen molar-refractivity contribution in [3.8, 4) is 0 Å². The van der Waals surface area contributed by atoms with Crippen LogP contribution < -0.4 is 10.6 Å². The Labute approximate surface area is 152 Å². The summed E-state index contributed by atoms with van der Waals surface area (Å²) in [5, 5.41) is 2.20. The largest absolute Gasteiger partial charge is 0.117 e. The predicted molar refractivity (Wildman–Crippen MR) is 104 cm³/mol. The molecule has 2 aromatic rings. The summed E-state index contributed by atoms with van der Waals surface area (Å²) in [5.74, 6) is 0. The van der Waals surface area contributed by atoms with Gasteiger partial charge in [0.1, 0.15) is 13.3 Å². The zero-order chi connectivity index (χ0) is 15.7. The molecule has 0 saturated heterocycles. The normalized spacial score (nSPS) is 14.5. The molecule has 0 saturated carbocycles. The molecule has 2 aromatic carbocycles. The van der Waals surface area contributed by atoms with Crippen LogP contribution in [0.15, 0.2) is 36.4 Å². The molecule has 6 heteroatoms. The molecule has 4 bridgehead atoms. The average Bonchev–Trinajstić information content (AvgIpc) is 2.49. The first-order valence-electron chi connectivity index (χ1n) is 7.01. The fourth-order valence-electron chi connectivity index (χ4n) is 2.83. The van der Waals surface area contributed by atoms with Crippen LogP contribution in [0.25, 0.3) is 0 Å². The van der Waals surface area contributed by atoms with Crippen LogP contribution in [0.4, 0.5) is 0 Å². The molecule has 0 N–H and O–H groups in total. The highest BCUT2D eigenvalue weighted by Crippen LogP contribution is 2.47. The van der Waals surface area contributed by atoms with Gasteiger partial charge in [-0.1, -0.05) is 69.2 Å². The Morgan fingerprint density at radius 2 is 1.00 bits per heavy atom. The van der Waals surface area contributed by atoms with Gasteiger partial charge in [0.2, 0.25) is 0 Å². The van der Waals surface area contributed by atoms with E-state index in [2.05, 4.69) is 36.4 Å². The van der Waals surface area contributed by atoms with E-state index >= 15 is 0 Å². The Morgan fingerprint density at radius 1 is 0.591 bits per heavy atom. The molecule has 0 unspecified atom stereocenters. The summed E-state index contributed by atoms with van der Waals surface area (Å²) in [6.45, 7) is -2.23. The van der Waals surface area contributed by atoms with Gasteiger partial charge in [-0.05, 0) is 60.1 Å². The fourth-order valence-corrected chi connectivity index (χ4v) is 6.05. The molecule has 6 rings (SSSR count). The van der Waals surface area contributed by atoms with Crippen LogP contribution in [0.3, 0.4) is 0 Å². The zero-order valence-electron chi connectivity index (χ0n) is 11.7. The van der Waals surface area contributed by atoms with E-state index in [1.54, 1.807) is 0 Å². The van der Waals surface area contributed by atoms with E-state index < -0.39 is 13.3 Å². The second-order valence-electron chi connectivity index (χ2n) is 5.39. The molecule has 0 atom stereocenters. The maximum Gasteiger partial charge on any atom is 0.117 e. The van der Waals surface area contributed by atoms with Crippen LogP contribution in [0.1, 0.15) is 22.3 Å². The lowest BCUT2D eigenvalue weighted by molar-refractivity contribution is 0.933. The topological polar surface area (TPSA) is 0 Å². The minimum Gasteiger partial charge on any atom is -0.0727 e. The zero-order valence-corrected chi connectivity index (χ0v) is 16.5. The molecular weight excluding hydrogens is 396 g/mol. The maximum atomic E-state index is 6.21. The number of benzene rings is 2. The Morgan fingerprint density at radius 3 is 1.36 bits per heavy atom. The van der Waals surface area contributed by atoms with Gasteiger partial charge in [-0.25, -0.2) is 0 Å². The van der Waals surface area contributed by atoms with E-state index in [0.717, 1.165) is 36.3 Å². The van der Waals surface area contributed by atoms with Crippen molar-refractivity contribution in [2.24, 2.45) is 0 Å². The average molecular weight is 410 g/mol. The number of aryl methyl sites for hydroxylation is 4. The maximum absolute atomic E-state index is 6.21. The summed E-state index contributed by atoms with van der Waals surface area (Å²) in [6, 6.07) is 13.1. The number of hydrogen-bond donors (Lipinski definition) is 0. The standard InChI is InChI=1S/C16H14Cl4P2/c17-21(18)15-9-11-1-5-13(15)8-4-12-2-6-14(7-3-11)16(10-12)22(19)20/h1-2,5-6,9-10H,3-4,7-8H2. The Balaban J connectivity index is 2.03. The number of halogens is 4. The first-order chi connectivity index (χ1) is 10.5. The van der Waals surface area contributed by atoms with Gasteiger partial charge in [0.05, 0.1) is 0 Å². The third-order valence-corrected chi connectivity index (χ3v) is 7.78. The lowest BCUT2D eigenvalue weighted by Gasteiger charge is -2.17. The molecule has 116 valence electrons. The molecule has 0 aromatic heterocycles. The SMILES string of the molecule is ClP(Cl)c1cc2ccc1CCc1ccc(c(P(Cl)Cl)c1)CC2. The van der Waals surface area contributed by atoms with Crippen LogP contribution in [-0.2, 0) is 25.7 Å². The highest BCUT2D eigenvalue weighted by atomic mass is 35.9. The Hall–Kier alpha value is 0.460. The number of hydrogen-bond acceptors (Lipinski definition) is 0. The van der Waals surface area contributed by atoms with Gasteiger partial charge in [-0.3, -0.25) is 0 Å². The van der Waals surface area contributed by atoms with Crippen LogP contribution in [0.5, 0.6) is 0 Å². The molecule has 0 spiro atoms. The summed E-state index contributed by atoms with van der Waals surface area (Å²) in [5.41, 5.74) is 5.00. The van der Waals surface area contributed by atoms with Gasteiger partial charge >= 0.3 is 0 Å². The van der Waals surface area contributed by atoms with Crippen LogP contribution in [-0.4, -0.2) is 0 Å². The van der Waals surface area contributed by atoms with Gasteiger partial charge < -0.3 is 0 Å². The summed E-state index contributed by atoms with van der Waals surface area (Å²) >= 11 is 24.8. The molecule has 0 radical (unpaired) electrons. The molecular formula is C16H14Cl4P2. The van der Waals surface area contributed by atoms with Crippen molar-refractivity contribution in [1.82, 2.24) is 0 Å². The molecule has 22 heavy (non-hydrogen) atoms. The molecule has 0 heterocycles. The molecule has 0 fully saturated rings. The van der Waals surface area contributed by atoms with E-state index in [4.69, 9.17) is 45.0 Å². The van der Waals surface area contributed by atoms with E-state index in [9.17, 15) is 0 Å². The first-order valence-corrected chi connectivity index (χ1v) is 13.3. The van der Waals surface area contributed by atoms with Gasteiger partial charge in [0, 0.05) is 10.6 Å². The summed E-state index contributed by atoms with van der Waals surface area (Å²) < 4.78 is 0. The lowest BCUT2D eigenvalue weighted by atomic mass is 9.96. The van der Waals surface area contributed by atoms with Gasteiger partial charge in [0.15, 0.2) is 0 Å². The smallest absolute Gasteiger partial charge is 0.0727 e. The van der Waals surface area contributed by atoms with Crippen molar-refractivity contribution < 1.29 is 0 Å². The highest BCUT2D eigenvalue weighted by molar-refractivity contribution is 8.09. The van der Waals surface area contributed by atoms with Crippen LogP contribution >= 0.6 is 58.2 Å². The molecule has 0 nitrogen and oxygen atoms in total. The minimum atomic E-state index is -1.12. The van der Waals surface area contributed by atoms with Gasteiger partial charge in [-0.2, -0.15) is 0 Å². The third kappa shape index (κ3) is 3.92. The van der Waals surface area contributed by atoms with Gasteiger partial charge in [-0.15, -0.1) is 0 Å². The monoisotopic (exact) mass is 408 g/mol. The van der Waals surface area contributed by atoms with Crippen molar-refractivity contribution in [1.29, 1.82) is 0 Å². The second kappa shape index (κ2) is 7.57. The number of rotatable bonds is 2. The summed E-state index contributed by atoms with van der Waals surface area (Å²) in [4.78, 5) is 0. The van der Waals surface area contributed by atoms with Crippen molar-refractivity contribution in [2.45, 2.75) is 25.7 Å². The molecule has 4 aliphatic rings. The summed E-state index contributed by atoms with van der Waals surface area (Å²) in [6.07, 6.45) is 3.73. The van der Waals surface area contributed by atoms with Crippen LogP contribution in [0, 0.1) is 0 Å². The van der Waals surface area contributed by atoms with Gasteiger partial charge in [0.25, 0.3) is 0 Å². The summed E-state index contributed by atoms with van der Waals surface area (Å²) in [7, 11) is 0. The second-order valence-corrected chi connectivity index (χ2v) is 12.4. The van der Waals surface area contributed by atoms with Crippen LogP contribution in [0.2, 0.25) is 0 Å². The molecule has 0 aliphatic heterocycles. The van der Waals surface area contributed by atoms with E-state index in [0.29, 0.717) is 0 Å². The molecule has 0 amide bonds. The molecule has 4 aliphatic carbocycles. The van der Waals surface area contributed by atoms with E-state index in [-0.39, 0.29) is 0 Å². The van der Waals surface area contributed by atoms with Crippen molar-refractivity contribution in [3.05, 3.63) is 58.7 Å². The lowest BCUT2D eigenvalue weighted by Crippen LogP contribution is -2.13. The first kappa shape index (κ1) is 17.3. The van der Waals surface area contributed by atoms with E-state index in [1.165, 1.54) is 22.3 Å². The predicted octanol–water partition coefficient (Wildman–Crippen LogP) is 6.40. The fraction of sp³-hybridized carbons (Fsp3) is 0.250. The van der Waals surface area contributed by atoms with Crippen molar-refractivity contribution >= 4 is 68.8 Å². The quantitative estimate of drug-likeness (QED) is 0.503. The minimum absolute atomic E-state index is 0.926. The van der Waals surface area contributed by atoms with Crippen molar-refractivity contribution in [3.63, 3.8) is 0 Å². The Bertz CT molecular complexity index is 626. The van der Waals surface area contributed by atoms with Crippen molar-refractivity contribution in [2.75, 3.05) is 0 Å². The Kier molecular flexibility index (Phi) is 5.94.